The van der Waals surface area contributed by atoms with Crippen LogP contribution in [0.3, 0.4) is 0 Å². The Labute approximate surface area is 154 Å². The molecule has 0 aromatic heterocycles. The van der Waals surface area contributed by atoms with Crippen molar-refractivity contribution in [2.45, 2.75) is 19.9 Å². The van der Waals surface area contributed by atoms with Gasteiger partial charge in [0.15, 0.2) is 11.5 Å². The summed E-state index contributed by atoms with van der Waals surface area (Å²) < 4.78 is 21.2. The molecule has 0 radical (unpaired) electrons. The summed E-state index contributed by atoms with van der Waals surface area (Å²) in [4.78, 5) is 12.3. The van der Waals surface area contributed by atoms with Crippen LogP contribution in [0.1, 0.15) is 16.7 Å². The van der Waals surface area contributed by atoms with Crippen LogP contribution in [0, 0.1) is 6.92 Å². The SMILES string of the molecule is COc1ccc(CC(=O)NCc2cc(OC)c(OC)c(OC)c2)cc1C. The summed E-state index contributed by atoms with van der Waals surface area (Å²) in [6.45, 7) is 2.32. The van der Waals surface area contributed by atoms with Gasteiger partial charge in [0.05, 0.1) is 34.9 Å². The van der Waals surface area contributed by atoms with Crippen LogP contribution in [-0.2, 0) is 17.8 Å². The van der Waals surface area contributed by atoms with Gasteiger partial charge in [0, 0.05) is 6.54 Å². The monoisotopic (exact) mass is 359 g/mol. The van der Waals surface area contributed by atoms with Crippen LogP contribution in [0.5, 0.6) is 23.0 Å². The van der Waals surface area contributed by atoms with E-state index < -0.39 is 0 Å². The zero-order chi connectivity index (χ0) is 19.1. The van der Waals surface area contributed by atoms with E-state index in [1.807, 2.05) is 37.3 Å². The molecule has 2 aromatic carbocycles. The Morgan fingerprint density at radius 3 is 1.96 bits per heavy atom. The van der Waals surface area contributed by atoms with Gasteiger partial charge in [-0.15, -0.1) is 0 Å². The molecule has 0 fully saturated rings. The molecule has 0 unspecified atom stereocenters. The number of carbonyl (C=O) groups excluding carboxylic acids is 1. The lowest BCUT2D eigenvalue weighted by Gasteiger charge is -2.14. The Bertz CT molecular complexity index is 748. The van der Waals surface area contributed by atoms with Crippen molar-refractivity contribution < 1.29 is 23.7 Å². The second-order valence-corrected chi connectivity index (χ2v) is 5.79. The summed E-state index contributed by atoms with van der Waals surface area (Å²) >= 11 is 0. The summed E-state index contributed by atoms with van der Waals surface area (Å²) in [5.41, 5.74) is 2.80. The standard InChI is InChI=1S/C20H25NO5/c1-13-8-14(6-7-16(13)23-2)11-19(22)21-12-15-9-17(24-3)20(26-5)18(10-15)25-4/h6-10H,11-12H2,1-5H3,(H,21,22). The van der Waals surface area contributed by atoms with Gasteiger partial charge in [-0.2, -0.15) is 0 Å². The molecule has 1 N–H and O–H groups in total. The maximum atomic E-state index is 12.3. The average molecular weight is 359 g/mol. The van der Waals surface area contributed by atoms with E-state index in [1.54, 1.807) is 28.4 Å². The van der Waals surface area contributed by atoms with Gasteiger partial charge in [0.25, 0.3) is 0 Å². The van der Waals surface area contributed by atoms with Crippen LogP contribution in [0.15, 0.2) is 30.3 Å². The molecule has 0 heterocycles. The van der Waals surface area contributed by atoms with Crippen molar-refractivity contribution in [2.75, 3.05) is 28.4 Å². The molecule has 0 saturated heterocycles. The first-order chi connectivity index (χ1) is 12.5. The van der Waals surface area contributed by atoms with Gasteiger partial charge in [0.1, 0.15) is 5.75 Å². The van der Waals surface area contributed by atoms with Gasteiger partial charge in [-0.3, -0.25) is 4.79 Å². The summed E-state index contributed by atoms with van der Waals surface area (Å²) in [7, 11) is 6.31. The number of aryl methyl sites for hydroxylation is 1. The molecular weight excluding hydrogens is 334 g/mol. The highest BCUT2D eigenvalue weighted by Crippen LogP contribution is 2.38. The lowest BCUT2D eigenvalue weighted by molar-refractivity contribution is -0.120. The fourth-order valence-electron chi connectivity index (χ4n) is 2.74. The fourth-order valence-corrected chi connectivity index (χ4v) is 2.74. The van der Waals surface area contributed by atoms with Gasteiger partial charge < -0.3 is 24.3 Å². The highest BCUT2D eigenvalue weighted by Gasteiger charge is 2.14. The second kappa shape index (κ2) is 8.99. The minimum atomic E-state index is -0.0664. The van der Waals surface area contributed by atoms with Crippen LogP contribution in [-0.4, -0.2) is 34.3 Å². The molecule has 6 nitrogen and oxygen atoms in total. The maximum absolute atomic E-state index is 12.3. The van der Waals surface area contributed by atoms with Crippen molar-refractivity contribution in [2.24, 2.45) is 0 Å². The van der Waals surface area contributed by atoms with E-state index in [2.05, 4.69) is 5.32 Å². The van der Waals surface area contributed by atoms with Gasteiger partial charge in [0.2, 0.25) is 11.7 Å². The van der Waals surface area contributed by atoms with Crippen molar-refractivity contribution in [3.05, 3.63) is 47.0 Å². The van der Waals surface area contributed by atoms with E-state index in [-0.39, 0.29) is 5.91 Å². The van der Waals surface area contributed by atoms with E-state index in [0.29, 0.717) is 30.2 Å². The predicted octanol–water partition coefficient (Wildman–Crippen LogP) is 2.89. The van der Waals surface area contributed by atoms with E-state index in [0.717, 1.165) is 22.4 Å². The average Bonchev–Trinajstić information content (AvgIpc) is 2.65. The number of ether oxygens (including phenoxy) is 4. The third kappa shape index (κ3) is 4.59. The molecule has 140 valence electrons. The van der Waals surface area contributed by atoms with E-state index in [9.17, 15) is 4.79 Å². The zero-order valence-electron chi connectivity index (χ0n) is 15.8. The Hall–Kier alpha value is -2.89. The van der Waals surface area contributed by atoms with Crippen LogP contribution < -0.4 is 24.3 Å². The number of nitrogens with one attached hydrogen (secondary N) is 1. The molecule has 6 heteroatoms. The maximum Gasteiger partial charge on any atom is 0.224 e. The first kappa shape index (κ1) is 19.4. The van der Waals surface area contributed by atoms with Crippen LogP contribution in [0.4, 0.5) is 0 Å². The van der Waals surface area contributed by atoms with E-state index in [4.69, 9.17) is 18.9 Å². The lowest BCUT2D eigenvalue weighted by atomic mass is 10.1. The highest BCUT2D eigenvalue weighted by molar-refractivity contribution is 5.78. The molecule has 0 bridgehead atoms. The zero-order valence-corrected chi connectivity index (χ0v) is 15.8. The topological polar surface area (TPSA) is 66.0 Å². The van der Waals surface area contributed by atoms with E-state index >= 15 is 0 Å². The van der Waals surface area contributed by atoms with Gasteiger partial charge in [-0.25, -0.2) is 0 Å². The number of methoxy groups -OCH3 is 4. The van der Waals surface area contributed by atoms with Crippen molar-refractivity contribution in [1.29, 1.82) is 0 Å². The normalized spacial score (nSPS) is 10.2. The number of hydrogen-bond acceptors (Lipinski definition) is 5. The molecular formula is C20H25NO5. The summed E-state index contributed by atoms with van der Waals surface area (Å²) in [6, 6.07) is 9.36. The minimum Gasteiger partial charge on any atom is -0.496 e. The molecule has 0 spiro atoms. The summed E-state index contributed by atoms with van der Waals surface area (Å²) in [5, 5.41) is 2.91. The molecule has 0 aliphatic rings. The second-order valence-electron chi connectivity index (χ2n) is 5.79. The Kier molecular flexibility index (Phi) is 6.72. The highest BCUT2D eigenvalue weighted by atomic mass is 16.5. The van der Waals surface area contributed by atoms with Gasteiger partial charge in [-0.05, 0) is 41.8 Å². The number of amides is 1. The van der Waals surface area contributed by atoms with E-state index in [1.165, 1.54) is 0 Å². The smallest absolute Gasteiger partial charge is 0.224 e. The minimum absolute atomic E-state index is 0.0664. The third-order valence-electron chi connectivity index (χ3n) is 4.04. The van der Waals surface area contributed by atoms with Crippen molar-refractivity contribution in [3.63, 3.8) is 0 Å². The molecule has 2 rings (SSSR count). The van der Waals surface area contributed by atoms with Crippen molar-refractivity contribution in [3.8, 4) is 23.0 Å². The van der Waals surface area contributed by atoms with Crippen LogP contribution >= 0.6 is 0 Å². The number of rotatable bonds is 8. The largest absolute Gasteiger partial charge is 0.496 e. The lowest BCUT2D eigenvalue weighted by Crippen LogP contribution is -2.24. The number of benzene rings is 2. The molecule has 0 atom stereocenters. The Morgan fingerprint density at radius 1 is 0.846 bits per heavy atom. The van der Waals surface area contributed by atoms with Gasteiger partial charge in [-0.1, -0.05) is 12.1 Å². The fraction of sp³-hybridized carbons (Fsp3) is 0.350. The quantitative estimate of drug-likeness (QED) is 0.785. The number of carbonyl (C=O) groups is 1. The summed E-state index contributed by atoms with van der Waals surface area (Å²) in [6.07, 6.45) is 0.301. The third-order valence-corrected chi connectivity index (χ3v) is 4.04. The molecule has 2 aromatic rings. The predicted molar refractivity (Wildman–Crippen MR) is 99.4 cm³/mol. The number of hydrogen-bond donors (Lipinski definition) is 1. The molecule has 0 aliphatic carbocycles. The van der Waals surface area contributed by atoms with Crippen LogP contribution in [0.25, 0.3) is 0 Å². The Balaban J connectivity index is 2.04. The van der Waals surface area contributed by atoms with Crippen molar-refractivity contribution >= 4 is 5.91 Å². The molecule has 0 saturated carbocycles. The van der Waals surface area contributed by atoms with Crippen LogP contribution in [0.2, 0.25) is 0 Å². The summed E-state index contributed by atoms with van der Waals surface area (Å²) in [5.74, 6) is 2.39. The first-order valence-corrected chi connectivity index (χ1v) is 8.21. The first-order valence-electron chi connectivity index (χ1n) is 8.21. The molecule has 1 amide bonds. The molecule has 26 heavy (non-hydrogen) atoms. The Morgan fingerprint density at radius 2 is 1.46 bits per heavy atom. The molecule has 0 aliphatic heterocycles. The van der Waals surface area contributed by atoms with Gasteiger partial charge >= 0.3 is 0 Å². The van der Waals surface area contributed by atoms with Crippen molar-refractivity contribution in [1.82, 2.24) is 5.32 Å².